The molecule has 0 aromatic carbocycles. The molecule has 0 saturated heterocycles. The van der Waals surface area contributed by atoms with Crippen molar-refractivity contribution in [1.29, 1.82) is 0 Å². The number of carbonyl (C=O) groups excluding carboxylic acids is 1. The summed E-state index contributed by atoms with van der Waals surface area (Å²) in [5.41, 5.74) is 0. The van der Waals surface area contributed by atoms with Crippen LogP contribution in [0.5, 0.6) is 0 Å². The number of hydrogen-bond acceptors (Lipinski definition) is 1. The highest BCUT2D eigenvalue weighted by Crippen LogP contribution is 2.02. The van der Waals surface area contributed by atoms with Crippen molar-refractivity contribution in [2.75, 3.05) is 0 Å². The van der Waals surface area contributed by atoms with Gasteiger partial charge < -0.3 is 4.98 Å². The van der Waals surface area contributed by atoms with Crippen LogP contribution in [0.15, 0.2) is 12.7 Å². The second-order valence-electron chi connectivity index (χ2n) is 2.93. The molecule has 0 aliphatic rings. The van der Waals surface area contributed by atoms with Crippen molar-refractivity contribution >= 4 is 14.1 Å². The maximum atomic E-state index is 10.8. The zero-order valence-electron chi connectivity index (χ0n) is 6.90. The Kier molecular flexibility index (Phi) is 3.36. The van der Waals surface area contributed by atoms with Crippen LogP contribution in [-0.4, -0.2) is 14.1 Å². The van der Waals surface area contributed by atoms with Gasteiger partial charge in [-0.05, 0) is 12.1 Å². The van der Waals surface area contributed by atoms with Gasteiger partial charge in [-0.1, -0.05) is 26.6 Å². The normalized spacial score (nSPS) is 10.7. The van der Waals surface area contributed by atoms with Crippen LogP contribution in [0, 0.1) is 0 Å². The summed E-state index contributed by atoms with van der Waals surface area (Å²) < 4.78 is 0. The van der Waals surface area contributed by atoms with Gasteiger partial charge in [0.25, 0.3) is 0 Å². The molecule has 0 saturated carbocycles. The van der Waals surface area contributed by atoms with E-state index in [-0.39, 0.29) is 5.91 Å². The number of nitrogens with one attached hydrogen (secondary N) is 1. The van der Waals surface area contributed by atoms with Gasteiger partial charge in [0.15, 0.2) is 8.24 Å². The molecule has 0 rings (SSSR count). The highest BCUT2D eigenvalue weighted by atomic mass is 28.3. The van der Waals surface area contributed by atoms with Crippen LogP contribution in [0.3, 0.4) is 0 Å². The van der Waals surface area contributed by atoms with Crippen molar-refractivity contribution < 1.29 is 4.79 Å². The molecule has 0 aromatic rings. The Balaban J connectivity index is 3.87. The molecule has 1 amide bonds. The molecule has 3 heteroatoms. The average molecular weight is 157 g/mol. The second kappa shape index (κ2) is 3.56. The van der Waals surface area contributed by atoms with Crippen molar-refractivity contribution in [3.8, 4) is 0 Å². The van der Waals surface area contributed by atoms with Crippen molar-refractivity contribution in [2.45, 2.75) is 26.1 Å². The number of hydrogen-bond donors (Lipinski definition) is 1. The lowest BCUT2D eigenvalue weighted by Gasteiger charge is -2.20. The van der Waals surface area contributed by atoms with E-state index in [1.165, 1.54) is 6.08 Å². The van der Waals surface area contributed by atoms with E-state index in [1.807, 2.05) is 0 Å². The Bertz CT molecular complexity index is 143. The van der Waals surface area contributed by atoms with Crippen LogP contribution in [0.4, 0.5) is 0 Å². The second-order valence-corrected chi connectivity index (χ2v) is 7.66. The van der Waals surface area contributed by atoms with E-state index in [0.717, 1.165) is 6.04 Å². The van der Waals surface area contributed by atoms with Gasteiger partial charge in [0.1, 0.15) is 0 Å². The summed E-state index contributed by atoms with van der Waals surface area (Å²) in [4.78, 5) is 13.7. The first-order valence-corrected chi connectivity index (χ1v) is 6.67. The first kappa shape index (κ1) is 9.43. The Morgan fingerprint density at radius 1 is 1.70 bits per heavy atom. The summed E-state index contributed by atoms with van der Waals surface area (Å²) in [6, 6.07) is 1.06. The monoisotopic (exact) mass is 157 g/mol. The topological polar surface area (TPSA) is 29.1 Å². The van der Waals surface area contributed by atoms with Crippen LogP contribution >= 0.6 is 0 Å². The maximum absolute atomic E-state index is 10.8. The van der Waals surface area contributed by atoms with E-state index in [2.05, 4.69) is 31.6 Å². The fourth-order valence-corrected chi connectivity index (χ4v) is 1.42. The average Bonchev–Trinajstić information content (AvgIpc) is 1.87. The van der Waals surface area contributed by atoms with E-state index in [0.29, 0.717) is 0 Å². The van der Waals surface area contributed by atoms with Gasteiger partial charge in [0.2, 0.25) is 5.91 Å². The first-order chi connectivity index (χ1) is 4.52. The number of rotatable bonds is 3. The fourth-order valence-electron chi connectivity index (χ4n) is 0.473. The molecule has 0 heterocycles. The van der Waals surface area contributed by atoms with Gasteiger partial charge in [-0.25, -0.2) is 0 Å². The molecule has 0 aliphatic heterocycles. The molecular formula is C7H15NOSi. The molecular weight excluding hydrogens is 142 g/mol. The predicted molar refractivity (Wildman–Crippen MR) is 46.3 cm³/mol. The van der Waals surface area contributed by atoms with Crippen LogP contribution in [-0.2, 0) is 4.79 Å². The quantitative estimate of drug-likeness (QED) is 0.488. The van der Waals surface area contributed by atoms with E-state index < -0.39 is 8.24 Å². The smallest absolute Gasteiger partial charge is 0.235 e. The van der Waals surface area contributed by atoms with Crippen LogP contribution < -0.4 is 4.98 Å². The van der Waals surface area contributed by atoms with Crippen LogP contribution in [0.1, 0.15) is 6.92 Å². The van der Waals surface area contributed by atoms with Gasteiger partial charge in [-0.15, -0.1) is 0 Å². The van der Waals surface area contributed by atoms with Crippen molar-refractivity contribution in [3.05, 3.63) is 12.7 Å². The summed E-state index contributed by atoms with van der Waals surface area (Å²) in [6.45, 7) is 9.72. The minimum absolute atomic E-state index is 0.0430. The molecule has 0 atom stereocenters. The van der Waals surface area contributed by atoms with Crippen molar-refractivity contribution in [1.82, 2.24) is 4.98 Å². The number of amides is 1. The molecule has 0 bridgehead atoms. The summed E-state index contributed by atoms with van der Waals surface area (Å²) in [5, 5.41) is 0. The third kappa shape index (κ3) is 3.45. The number of carbonyl (C=O) groups is 1. The van der Waals surface area contributed by atoms with Gasteiger partial charge >= 0.3 is 0 Å². The molecule has 0 unspecified atom stereocenters. The molecule has 0 radical (unpaired) electrons. The summed E-state index contributed by atoms with van der Waals surface area (Å²) in [5.74, 6) is -0.0430. The standard InChI is InChI=1S/C7H15NOSi/c1-5-7(9)8-10(3,4)6-2/h5H,1,6H2,2-4H3,(H,8,9). The van der Waals surface area contributed by atoms with Crippen LogP contribution in [0.2, 0.25) is 19.1 Å². The van der Waals surface area contributed by atoms with E-state index in [1.54, 1.807) is 0 Å². The molecule has 0 spiro atoms. The lowest BCUT2D eigenvalue weighted by atomic mass is 10.6. The highest BCUT2D eigenvalue weighted by molar-refractivity contribution is 6.77. The Hall–Kier alpha value is -0.573. The van der Waals surface area contributed by atoms with Gasteiger partial charge in [0, 0.05) is 0 Å². The van der Waals surface area contributed by atoms with E-state index >= 15 is 0 Å². The zero-order valence-corrected chi connectivity index (χ0v) is 7.90. The van der Waals surface area contributed by atoms with Crippen molar-refractivity contribution in [2.24, 2.45) is 0 Å². The van der Waals surface area contributed by atoms with Gasteiger partial charge in [-0.3, -0.25) is 4.79 Å². The largest absolute Gasteiger partial charge is 0.379 e. The lowest BCUT2D eigenvalue weighted by molar-refractivity contribution is -0.115. The van der Waals surface area contributed by atoms with Crippen LogP contribution in [0.25, 0.3) is 0 Å². The molecule has 0 aliphatic carbocycles. The Morgan fingerprint density at radius 2 is 2.20 bits per heavy atom. The lowest BCUT2D eigenvalue weighted by Crippen LogP contribution is -2.46. The Labute approximate surface area is 63.4 Å². The maximum Gasteiger partial charge on any atom is 0.235 e. The molecule has 0 fully saturated rings. The first-order valence-electron chi connectivity index (χ1n) is 3.46. The predicted octanol–water partition coefficient (Wildman–Crippen LogP) is 1.51. The van der Waals surface area contributed by atoms with Crippen molar-refractivity contribution in [3.63, 3.8) is 0 Å². The van der Waals surface area contributed by atoms with E-state index in [9.17, 15) is 4.79 Å². The SMILES string of the molecule is C=CC(=O)N[Si](C)(C)CC. The highest BCUT2D eigenvalue weighted by Gasteiger charge is 2.18. The molecule has 58 valence electrons. The molecule has 10 heavy (non-hydrogen) atoms. The Morgan fingerprint density at radius 3 is 2.50 bits per heavy atom. The minimum Gasteiger partial charge on any atom is -0.379 e. The third-order valence-electron chi connectivity index (χ3n) is 1.53. The van der Waals surface area contributed by atoms with Gasteiger partial charge in [-0.2, -0.15) is 0 Å². The minimum atomic E-state index is -1.43. The molecule has 0 aromatic heterocycles. The fraction of sp³-hybridized carbons (Fsp3) is 0.571. The summed E-state index contributed by atoms with van der Waals surface area (Å²) in [7, 11) is -1.43. The zero-order chi connectivity index (χ0) is 8.20. The van der Waals surface area contributed by atoms with Gasteiger partial charge in [0.05, 0.1) is 0 Å². The van der Waals surface area contributed by atoms with E-state index in [4.69, 9.17) is 0 Å². The summed E-state index contributed by atoms with van der Waals surface area (Å²) >= 11 is 0. The molecule has 1 N–H and O–H groups in total. The molecule has 2 nitrogen and oxygen atoms in total. The third-order valence-corrected chi connectivity index (χ3v) is 4.22. The summed E-state index contributed by atoms with van der Waals surface area (Å²) in [6.07, 6.45) is 1.32.